The van der Waals surface area contributed by atoms with Gasteiger partial charge in [-0.25, -0.2) is 9.13 Å². The van der Waals surface area contributed by atoms with Crippen LogP contribution in [0.15, 0.2) is 72.9 Å². The zero-order chi connectivity index (χ0) is 47.6. The first-order valence-corrected chi connectivity index (χ1v) is 25.6. The van der Waals surface area contributed by atoms with E-state index < -0.39 is 89.6 Å². The van der Waals surface area contributed by atoms with Crippen LogP contribution in [0, 0.1) is 0 Å². The zero-order valence-electron chi connectivity index (χ0n) is 37.5. The molecule has 0 aromatic carbocycles. The van der Waals surface area contributed by atoms with E-state index in [1.807, 2.05) is 37.3 Å². The maximum Gasteiger partial charge on any atom is 0.472 e. The number of hydrogen-bond acceptors (Lipinski definition) is 14. The first-order valence-electron chi connectivity index (χ1n) is 22.6. The predicted octanol–water partition coefficient (Wildman–Crippen LogP) is 7.03. The lowest BCUT2D eigenvalue weighted by Crippen LogP contribution is -2.64. The maximum atomic E-state index is 13.0. The summed E-state index contributed by atoms with van der Waals surface area (Å²) >= 11 is 0. The number of ether oxygens (including phenoxy) is 2. The van der Waals surface area contributed by atoms with Crippen molar-refractivity contribution in [3.63, 3.8) is 0 Å². The van der Waals surface area contributed by atoms with Crippen LogP contribution in [0.3, 0.4) is 0 Å². The fraction of sp³-hybridized carbons (Fsp3) is 0.689. The van der Waals surface area contributed by atoms with E-state index in [2.05, 4.69) is 47.9 Å². The van der Waals surface area contributed by atoms with Crippen molar-refractivity contribution >= 4 is 27.6 Å². The molecule has 64 heavy (non-hydrogen) atoms. The van der Waals surface area contributed by atoms with Gasteiger partial charge in [-0.15, -0.1) is 0 Å². The first kappa shape index (κ1) is 59.4. The fourth-order valence-electron chi connectivity index (χ4n) is 6.37. The molecule has 9 atom stereocenters. The molecule has 0 saturated heterocycles. The summed E-state index contributed by atoms with van der Waals surface area (Å²) in [6.07, 6.45) is 23.4. The molecule has 368 valence electrons. The number of unbranched alkanes of at least 4 members (excludes halogenated alkanes) is 10. The Labute approximate surface area is 379 Å². The van der Waals surface area contributed by atoms with Crippen LogP contribution in [0.25, 0.3) is 0 Å². The van der Waals surface area contributed by atoms with E-state index in [9.17, 15) is 49.1 Å². The Morgan fingerprint density at radius 2 is 1.09 bits per heavy atom. The standard InChI is InChI=1S/C45H76O17P2/c1-3-5-7-8-9-10-11-12-13-14-15-18-22-25-29-33-39(48)60-37(34-58-38(47)32-28-24-21-19-16-17-20-23-27-31-36(46)30-26-6-4-2)35-59-64(56,57)62-45-42(51)40(49)41(50)44(43(45)52)61-63(53,54)55/h5-7,9-10,12-13,20,23,26-27,31,36-37,40-46,49-52H,3-4,8,11,14-19,21-22,24-25,28-30,32-35H2,1-2H3,(H,56,57)(H2,53,54,55)/b7-5-,10-9-,13-12-,23-20+,26-6+,31-27+/t36?,37-,40?,41?,42?,43?,44-,45+/m1/s1. The highest BCUT2D eigenvalue weighted by molar-refractivity contribution is 7.47. The third kappa shape index (κ3) is 29.8. The van der Waals surface area contributed by atoms with E-state index in [1.165, 1.54) is 0 Å². The molecule has 1 fully saturated rings. The molecule has 0 heterocycles. The molecule has 19 heteroatoms. The Kier molecular flexibility index (Phi) is 33.0. The van der Waals surface area contributed by atoms with Crippen molar-refractivity contribution in [2.24, 2.45) is 0 Å². The van der Waals surface area contributed by atoms with Crippen LogP contribution in [0.5, 0.6) is 0 Å². The monoisotopic (exact) mass is 950 g/mol. The molecular formula is C45H76O17P2. The van der Waals surface area contributed by atoms with Gasteiger partial charge < -0.3 is 49.7 Å². The van der Waals surface area contributed by atoms with Crippen LogP contribution in [0.1, 0.15) is 136 Å². The third-order valence-electron chi connectivity index (χ3n) is 9.86. The number of allylic oxidation sites excluding steroid dienone is 10. The summed E-state index contributed by atoms with van der Waals surface area (Å²) < 4.78 is 49.2. The number of phosphoric acid groups is 2. The van der Waals surface area contributed by atoms with Crippen LogP contribution in [-0.2, 0) is 41.8 Å². The highest BCUT2D eigenvalue weighted by Gasteiger charge is 2.54. The Hall–Kier alpha value is -2.60. The molecule has 1 saturated carbocycles. The SMILES string of the molecule is CC/C=C\C/C=C\C/C=C\CCCCCCCC(=O)O[C@H](COC(=O)CCCCCCC/C=C/C=C/C(O)C/C=C/CC)COP(=O)(O)O[C@H]1C(O)C(O)C(O)[C@@H](OP(=O)(O)O)C1O. The second kappa shape index (κ2) is 35.6. The lowest BCUT2D eigenvalue weighted by molar-refractivity contribution is -0.216. The second-order valence-corrected chi connectivity index (χ2v) is 18.2. The largest absolute Gasteiger partial charge is 0.472 e. The molecule has 8 N–H and O–H groups in total. The van der Waals surface area contributed by atoms with Crippen molar-refractivity contribution < 1.29 is 82.0 Å². The Morgan fingerprint density at radius 3 is 1.70 bits per heavy atom. The van der Waals surface area contributed by atoms with Crippen molar-refractivity contribution in [3.8, 4) is 0 Å². The second-order valence-electron chi connectivity index (χ2n) is 15.6. The van der Waals surface area contributed by atoms with Gasteiger partial charge in [0.25, 0.3) is 0 Å². The van der Waals surface area contributed by atoms with E-state index in [-0.39, 0.29) is 12.8 Å². The van der Waals surface area contributed by atoms with Crippen molar-refractivity contribution in [1.29, 1.82) is 0 Å². The summed E-state index contributed by atoms with van der Waals surface area (Å²) in [7, 11) is -10.7. The number of phosphoric ester groups is 2. The van der Waals surface area contributed by atoms with Gasteiger partial charge in [-0.2, -0.15) is 0 Å². The van der Waals surface area contributed by atoms with Gasteiger partial charge in [-0.3, -0.25) is 23.2 Å². The highest BCUT2D eigenvalue weighted by Crippen LogP contribution is 2.49. The summed E-state index contributed by atoms with van der Waals surface area (Å²) in [5, 5.41) is 51.1. The van der Waals surface area contributed by atoms with Gasteiger partial charge in [0.05, 0.1) is 12.7 Å². The minimum absolute atomic E-state index is 0.00556. The van der Waals surface area contributed by atoms with E-state index in [1.54, 1.807) is 6.08 Å². The topological polar surface area (TPSA) is 276 Å². The van der Waals surface area contributed by atoms with Crippen LogP contribution in [0.4, 0.5) is 0 Å². The molecule has 0 aromatic rings. The number of hydrogen-bond donors (Lipinski definition) is 8. The predicted molar refractivity (Wildman–Crippen MR) is 242 cm³/mol. The lowest BCUT2D eigenvalue weighted by Gasteiger charge is -2.43. The molecule has 1 rings (SSSR count). The molecule has 17 nitrogen and oxygen atoms in total. The Balaban J connectivity index is 2.66. The van der Waals surface area contributed by atoms with Gasteiger partial charge in [0.1, 0.15) is 43.2 Å². The molecule has 0 spiro atoms. The summed E-state index contributed by atoms with van der Waals surface area (Å²) in [4.78, 5) is 54.2. The number of carbonyl (C=O) groups excluding carboxylic acids is 2. The maximum absolute atomic E-state index is 13.0. The molecule has 0 aromatic heterocycles. The molecule has 0 aliphatic heterocycles. The molecular weight excluding hydrogens is 874 g/mol. The van der Waals surface area contributed by atoms with Crippen LogP contribution < -0.4 is 0 Å². The summed E-state index contributed by atoms with van der Waals surface area (Å²) in [6, 6.07) is 0. The van der Waals surface area contributed by atoms with Crippen LogP contribution in [0.2, 0.25) is 0 Å². The molecule has 0 bridgehead atoms. The summed E-state index contributed by atoms with van der Waals surface area (Å²) in [5.41, 5.74) is 0. The van der Waals surface area contributed by atoms with Gasteiger partial charge in [0.2, 0.25) is 0 Å². The molecule has 0 amide bonds. The average molecular weight is 951 g/mol. The molecule has 6 unspecified atom stereocenters. The summed E-state index contributed by atoms with van der Waals surface area (Å²) in [5.74, 6) is -1.29. The van der Waals surface area contributed by atoms with E-state index in [4.69, 9.17) is 28.3 Å². The van der Waals surface area contributed by atoms with Crippen molar-refractivity contribution in [2.45, 2.75) is 185 Å². The number of esters is 2. The number of rotatable bonds is 36. The van der Waals surface area contributed by atoms with Gasteiger partial charge in [0, 0.05) is 12.8 Å². The summed E-state index contributed by atoms with van der Waals surface area (Å²) in [6.45, 7) is 2.73. The number of aliphatic hydroxyl groups is 5. The lowest BCUT2D eigenvalue weighted by atomic mass is 9.85. The smallest absolute Gasteiger partial charge is 0.462 e. The average Bonchev–Trinajstić information content (AvgIpc) is 3.24. The van der Waals surface area contributed by atoms with Crippen LogP contribution >= 0.6 is 15.6 Å². The minimum atomic E-state index is -5.38. The van der Waals surface area contributed by atoms with Gasteiger partial charge in [-0.1, -0.05) is 125 Å². The van der Waals surface area contributed by atoms with Crippen LogP contribution in [-0.4, -0.2) is 114 Å². The fourth-order valence-corrected chi connectivity index (χ4v) is 7.91. The van der Waals surface area contributed by atoms with E-state index in [0.717, 1.165) is 89.9 Å². The molecule has 1 aliphatic carbocycles. The van der Waals surface area contributed by atoms with Crippen molar-refractivity contribution in [1.82, 2.24) is 0 Å². The quantitative estimate of drug-likeness (QED) is 0.0103. The zero-order valence-corrected chi connectivity index (χ0v) is 39.3. The molecule has 0 radical (unpaired) electrons. The minimum Gasteiger partial charge on any atom is -0.462 e. The first-order chi connectivity index (χ1) is 30.5. The Morgan fingerprint density at radius 1 is 0.578 bits per heavy atom. The third-order valence-corrected chi connectivity index (χ3v) is 11.4. The number of carbonyl (C=O) groups is 2. The van der Waals surface area contributed by atoms with Gasteiger partial charge in [-0.05, 0) is 70.6 Å². The van der Waals surface area contributed by atoms with Crippen molar-refractivity contribution in [2.75, 3.05) is 13.2 Å². The van der Waals surface area contributed by atoms with Gasteiger partial charge in [0.15, 0.2) is 6.10 Å². The Bertz CT molecular complexity index is 1540. The normalized spacial score (nSPS) is 23.0. The number of aliphatic hydroxyl groups excluding tert-OH is 5. The van der Waals surface area contributed by atoms with Crippen molar-refractivity contribution in [3.05, 3.63) is 72.9 Å². The molecule has 1 aliphatic rings. The highest BCUT2D eigenvalue weighted by atomic mass is 31.2. The van der Waals surface area contributed by atoms with E-state index in [0.29, 0.717) is 19.3 Å². The van der Waals surface area contributed by atoms with E-state index >= 15 is 0 Å². The van der Waals surface area contributed by atoms with Gasteiger partial charge >= 0.3 is 27.6 Å².